The van der Waals surface area contributed by atoms with E-state index in [0.717, 1.165) is 22.0 Å². The number of hydrogen-bond donors (Lipinski definition) is 2. The first kappa shape index (κ1) is 16.1. The van der Waals surface area contributed by atoms with E-state index in [-0.39, 0.29) is 11.5 Å². The van der Waals surface area contributed by atoms with Gasteiger partial charge in [-0.25, -0.2) is 9.97 Å². The van der Waals surface area contributed by atoms with E-state index in [1.54, 1.807) is 18.5 Å². The van der Waals surface area contributed by atoms with Crippen molar-refractivity contribution >= 4 is 28.3 Å². The van der Waals surface area contributed by atoms with Gasteiger partial charge in [0.2, 0.25) is 0 Å². The van der Waals surface area contributed by atoms with E-state index < -0.39 is 0 Å². The summed E-state index contributed by atoms with van der Waals surface area (Å²) in [7, 11) is 0. The van der Waals surface area contributed by atoms with Crippen LogP contribution in [-0.4, -0.2) is 20.2 Å². The monoisotopic (exact) mass is 364 g/mol. The number of fused-ring (bicyclic) bond motifs is 1. The zero-order chi connectivity index (χ0) is 18.4. The lowest BCUT2D eigenvalue weighted by Gasteiger charge is -2.10. The van der Waals surface area contributed by atoms with Gasteiger partial charge in [-0.2, -0.15) is 10.4 Å². The number of hydrogen-bond acceptors (Lipinski definition) is 6. The predicted octanol–water partition coefficient (Wildman–Crippen LogP) is 4.00. The Hall–Kier alpha value is -3.37. The molecule has 0 fully saturated rings. The summed E-state index contributed by atoms with van der Waals surface area (Å²) in [6.45, 7) is 3.87. The van der Waals surface area contributed by atoms with Crippen LogP contribution in [0.15, 0.2) is 29.0 Å². The van der Waals surface area contributed by atoms with Crippen molar-refractivity contribution in [1.29, 1.82) is 5.26 Å². The first-order valence-corrected chi connectivity index (χ1v) is 8.13. The molecule has 0 radical (unpaired) electrons. The van der Waals surface area contributed by atoms with Crippen molar-refractivity contribution < 1.29 is 4.42 Å². The van der Waals surface area contributed by atoms with Gasteiger partial charge in [0, 0.05) is 10.9 Å². The van der Waals surface area contributed by atoms with Crippen LogP contribution in [0.5, 0.6) is 0 Å². The molecule has 0 bridgehead atoms. The highest BCUT2D eigenvalue weighted by Gasteiger charge is 2.21. The maximum Gasteiger partial charge on any atom is 0.183 e. The third-order valence-corrected chi connectivity index (χ3v) is 4.60. The summed E-state index contributed by atoms with van der Waals surface area (Å²) in [6, 6.07) is 5.59. The van der Waals surface area contributed by atoms with Crippen LogP contribution in [0.4, 0.5) is 5.82 Å². The van der Waals surface area contributed by atoms with E-state index in [0.29, 0.717) is 27.7 Å². The summed E-state index contributed by atoms with van der Waals surface area (Å²) in [5.74, 6) is 0.611. The fraction of sp³-hybridized carbons (Fsp3) is 0.111. The van der Waals surface area contributed by atoms with Crippen molar-refractivity contribution in [3.8, 4) is 28.8 Å². The zero-order valence-corrected chi connectivity index (χ0v) is 14.7. The van der Waals surface area contributed by atoms with Crippen molar-refractivity contribution in [1.82, 2.24) is 20.2 Å². The SMILES string of the molecule is Cc1coc(-c2nc(N)c(C#N)nc2-c2cc(Cl)c3[nH]ncc3c2)c1C. The Bertz CT molecular complexity index is 1200. The van der Waals surface area contributed by atoms with Crippen LogP contribution in [0.2, 0.25) is 5.02 Å². The van der Waals surface area contributed by atoms with Gasteiger partial charge in [0.1, 0.15) is 17.5 Å². The van der Waals surface area contributed by atoms with E-state index in [9.17, 15) is 5.26 Å². The minimum absolute atomic E-state index is 0.0492. The van der Waals surface area contributed by atoms with Gasteiger partial charge in [-0.1, -0.05) is 11.6 Å². The molecule has 3 N–H and O–H groups in total. The molecule has 0 aliphatic carbocycles. The van der Waals surface area contributed by atoms with Crippen LogP contribution in [0.25, 0.3) is 33.6 Å². The molecule has 0 spiro atoms. The topological polar surface area (TPSA) is 117 Å². The van der Waals surface area contributed by atoms with Crippen LogP contribution >= 0.6 is 11.6 Å². The number of aromatic nitrogens is 4. The van der Waals surface area contributed by atoms with Crippen molar-refractivity contribution in [2.24, 2.45) is 0 Å². The lowest BCUT2D eigenvalue weighted by atomic mass is 10.0. The van der Waals surface area contributed by atoms with Gasteiger partial charge >= 0.3 is 0 Å². The lowest BCUT2D eigenvalue weighted by Crippen LogP contribution is -2.03. The highest BCUT2D eigenvalue weighted by molar-refractivity contribution is 6.35. The van der Waals surface area contributed by atoms with Gasteiger partial charge in [0.05, 0.1) is 23.0 Å². The number of nitriles is 1. The third kappa shape index (κ3) is 2.39. The molecule has 3 heterocycles. The second-order valence-electron chi connectivity index (χ2n) is 5.93. The number of benzene rings is 1. The zero-order valence-electron chi connectivity index (χ0n) is 14.0. The molecule has 0 saturated carbocycles. The van der Waals surface area contributed by atoms with E-state index in [1.807, 2.05) is 26.0 Å². The van der Waals surface area contributed by atoms with E-state index in [2.05, 4.69) is 20.2 Å². The molecule has 26 heavy (non-hydrogen) atoms. The predicted molar refractivity (Wildman–Crippen MR) is 98.4 cm³/mol. The molecule has 8 heteroatoms. The van der Waals surface area contributed by atoms with Gasteiger partial charge in [0.25, 0.3) is 0 Å². The van der Waals surface area contributed by atoms with Crippen molar-refractivity contribution in [2.45, 2.75) is 13.8 Å². The molecule has 128 valence electrons. The molecular weight excluding hydrogens is 352 g/mol. The normalized spacial score (nSPS) is 11.0. The highest BCUT2D eigenvalue weighted by Crippen LogP contribution is 2.36. The van der Waals surface area contributed by atoms with E-state index >= 15 is 0 Å². The standard InChI is InChI=1S/C18H13ClN6O/c1-8-7-26-17(9(8)2)16-15(23-13(5-20)18(21)24-16)10-3-11-6-22-25-14(11)12(19)4-10/h3-4,6-7H,1-2H3,(H2,21,24)(H,22,25). The second-order valence-corrected chi connectivity index (χ2v) is 6.34. The molecule has 0 saturated heterocycles. The summed E-state index contributed by atoms with van der Waals surface area (Å²) >= 11 is 6.36. The van der Waals surface area contributed by atoms with Gasteiger partial charge in [-0.3, -0.25) is 5.10 Å². The van der Waals surface area contributed by atoms with Gasteiger partial charge in [-0.05, 0) is 37.1 Å². The molecule has 3 aromatic heterocycles. The first-order chi connectivity index (χ1) is 12.5. The maximum atomic E-state index is 9.31. The fourth-order valence-corrected chi connectivity index (χ4v) is 3.05. The molecule has 0 atom stereocenters. The molecule has 4 aromatic rings. The number of nitrogens with zero attached hydrogens (tertiary/aromatic N) is 4. The average molecular weight is 365 g/mol. The van der Waals surface area contributed by atoms with Crippen LogP contribution in [0, 0.1) is 25.2 Å². The Morgan fingerprint density at radius 1 is 1.23 bits per heavy atom. The number of nitrogen functional groups attached to an aromatic ring is 1. The summed E-state index contributed by atoms with van der Waals surface area (Å²) in [5.41, 5.74) is 10.2. The van der Waals surface area contributed by atoms with Crippen molar-refractivity contribution in [3.05, 3.63) is 46.4 Å². The quantitative estimate of drug-likeness (QED) is 0.555. The number of halogens is 1. The number of nitrogens with two attached hydrogens (primary N) is 1. The van der Waals surface area contributed by atoms with Gasteiger partial charge in [0.15, 0.2) is 17.3 Å². The number of anilines is 1. The van der Waals surface area contributed by atoms with Crippen molar-refractivity contribution in [3.63, 3.8) is 0 Å². The molecule has 0 aliphatic rings. The molecular formula is C18H13ClN6O. The molecule has 7 nitrogen and oxygen atoms in total. The Kier molecular flexibility index (Phi) is 3.63. The fourth-order valence-electron chi connectivity index (χ4n) is 2.78. The van der Waals surface area contributed by atoms with Crippen LogP contribution in [-0.2, 0) is 0 Å². The van der Waals surface area contributed by atoms with Gasteiger partial charge in [-0.15, -0.1) is 0 Å². The number of furan rings is 1. The average Bonchev–Trinajstić information content (AvgIpc) is 3.22. The Morgan fingerprint density at radius 3 is 2.73 bits per heavy atom. The Balaban J connectivity index is 2.05. The summed E-state index contributed by atoms with van der Waals surface area (Å²) in [5, 5.41) is 17.5. The van der Waals surface area contributed by atoms with Crippen LogP contribution < -0.4 is 5.73 Å². The summed E-state index contributed by atoms with van der Waals surface area (Å²) in [6.07, 6.45) is 3.32. The van der Waals surface area contributed by atoms with Gasteiger partial charge < -0.3 is 10.2 Å². The second kappa shape index (κ2) is 5.86. The summed E-state index contributed by atoms with van der Waals surface area (Å²) in [4.78, 5) is 8.82. The van der Waals surface area contributed by atoms with Crippen molar-refractivity contribution in [2.75, 3.05) is 5.73 Å². The molecule has 0 amide bonds. The third-order valence-electron chi connectivity index (χ3n) is 4.30. The smallest absolute Gasteiger partial charge is 0.183 e. The summed E-state index contributed by atoms with van der Waals surface area (Å²) < 4.78 is 5.68. The molecule has 0 unspecified atom stereocenters. The van der Waals surface area contributed by atoms with Crippen LogP contribution in [0.3, 0.4) is 0 Å². The van der Waals surface area contributed by atoms with Crippen LogP contribution in [0.1, 0.15) is 16.8 Å². The molecule has 4 rings (SSSR count). The Labute approximate surface area is 153 Å². The molecule has 1 aromatic carbocycles. The Morgan fingerprint density at radius 2 is 2.04 bits per heavy atom. The van der Waals surface area contributed by atoms with E-state index in [1.165, 1.54) is 0 Å². The van der Waals surface area contributed by atoms with E-state index in [4.69, 9.17) is 21.8 Å². The largest absolute Gasteiger partial charge is 0.462 e. The number of nitrogens with one attached hydrogen (secondary N) is 1. The number of aromatic amines is 1. The minimum atomic E-state index is 0.0492. The number of aryl methyl sites for hydroxylation is 1. The highest BCUT2D eigenvalue weighted by atomic mass is 35.5. The number of H-pyrrole nitrogens is 1. The minimum Gasteiger partial charge on any atom is -0.462 e. The lowest BCUT2D eigenvalue weighted by molar-refractivity contribution is 0.576. The molecule has 0 aliphatic heterocycles. The first-order valence-electron chi connectivity index (χ1n) is 7.75. The number of rotatable bonds is 2. The maximum absolute atomic E-state index is 9.31.